The number of carbonyl (C=O) groups excluding carboxylic acids is 1. The highest BCUT2D eigenvalue weighted by Crippen LogP contribution is 2.44. The maximum absolute atomic E-state index is 13.5. The molecule has 0 bridgehead atoms. The van der Waals surface area contributed by atoms with Crippen molar-refractivity contribution in [2.45, 2.75) is 43.1 Å². The van der Waals surface area contributed by atoms with Crippen molar-refractivity contribution in [2.75, 3.05) is 32.7 Å². The van der Waals surface area contributed by atoms with E-state index in [0.29, 0.717) is 25.3 Å². The van der Waals surface area contributed by atoms with Gasteiger partial charge in [-0.3, -0.25) is 9.69 Å². The largest absolute Gasteiger partial charge is 0.461 e. The molecule has 0 N–H and O–H groups in total. The quantitative estimate of drug-likeness (QED) is 0.707. The van der Waals surface area contributed by atoms with Crippen molar-refractivity contribution in [1.29, 1.82) is 0 Å². The Labute approximate surface area is 163 Å². The van der Waals surface area contributed by atoms with Crippen LogP contribution in [0.25, 0.3) is 0 Å². The molecular weight excluding hydrogens is 390 g/mol. The molecule has 0 radical (unpaired) electrons. The highest BCUT2D eigenvalue weighted by Gasteiger charge is 2.51. The van der Waals surface area contributed by atoms with Crippen molar-refractivity contribution < 1.29 is 26.7 Å². The summed E-state index contributed by atoms with van der Waals surface area (Å²) in [6, 6.07) is 2.57. The van der Waals surface area contributed by atoms with Gasteiger partial charge in [-0.2, -0.15) is 4.31 Å². The predicted octanol–water partition coefficient (Wildman–Crippen LogP) is 2.15. The zero-order valence-electron chi connectivity index (χ0n) is 15.6. The van der Waals surface area contributed by atoms with E-state index < -0.39 is 27.1 Å². The number of cyclic esters (lactones) is 1. The first-order valence-corrected chi connectivity index (χ1v) is 11.1. The molecule has 6 nitrogen and oxygen atoms in total. The number of carbonyl (C=O) groups is 1. The number of hydrogen-bond donors (Lipinski definition) is 0. The summed E-state index contributed by atoms with van der Waals surface area (Å²) in [5.41, 5.74) is -0.634. The number of benzene rings is 1. The van der Waals surface area contributed by atoms with Crippen LogP contribution in [0.2, 0.25) is 0 Å². The van der Waals surface area contributed by atoms with E-state index in [1.807, 2.05) is 0 Å². The third kappa shape index (κ3) is 3.55. The first-order valence-electron chi connectivity index (χ1n) is 9.69. The van der Waals surface area contributed by atoms with Crippen LogP contribution in [0.15, 0.2) is 23.1 Å². The van der Waals surface area contributed by atoms with Crippen LogP contribution in [0.5, 0.6) is 0 Å². The Morgan fingerprint density at radius 3 is 2.39 bits per heavy atom. The van der Waals surface area contributed by atoms with Crippen molar-refractivity contribution in [3.05, 3.63) is 29.8 Å². The zero-order chi connectivity index (χ0) is 19.9. The van der Waals surface area contributed by atoms with Gasteiger partial charge in [0, 0.05) is 26.1 Å². The van der Waals surface area contributed by atoms with Crippen molar-refractivity contribution >= 4 is 16.0 Å². The molecule has 3 saturated heterocycles. The molecule has 0 aliphatic carbocycles. The molecule has 4 rings (SSSR count). The molecule has 1 atom stereocenters. The maximum atomic E-state index is 13.5. The Hall–Kier alpha value is -1.58. The van der Waals surface area contributed by atoms with Gasteiger partial charge in [0.05, 0.1) is 10.3 Å². The molecule has 3 heterocycles. The first-order chi connectivity index (χ1) is 13.3. The Balaban J connectivity index is 1.42. The molecule has 1 aromatic rings. The Kier molecular flexibility index (Phi) is 5.18. The lowest BCUT2D eigenvalue weighted by Gasteiger charge is -2.35. The molecule has 3 aliphatic heterocycles. The number of nitrogens with zero attached hydrogens (tertiary/aromatic N) is 2. The van der Waals surface area contributed by atoms with Gasteiger partial charge in [0.1, 0.15) is 6.10 Å². The smallest absolute Gasteiger partial charge is 0.312 e. The van der Waals surface area contributed by atoms with Crippen LogP contribution in [-0.4, -0.2) is 62.4 Å². The summed E-state index contributed by atoms with van der Waals surface area (Å²) in [6.07, 6.45) is 3.57. The number of likely N-dealkylation sites (tertiary alicyclic amines) is 1. The molecule has 1 spiro atoms. The number of ether oxygens (including phenoxy) is 1. The summed E-state index contributed by atoms with van der Waals surface area (Å²) in [4.78, 5) is 14.6. The Morgan fingerprint density at radius 2 is 1.75 bits per heavy atom. The standard InChI is InChI=1S/C19H24F2N2O4S/c20-16-4-3-15(11-17(16)21)28(25,26)23-9-5-19(6-10-23)12-14(27-18(19)24)13-22-7-1-2-8-22/h3-4,11,14H,1-2,5-10,12-13H2. The van der Waals surface area contributed by atoms with Crippen LogP contribution < -0.4 is 0 Å². The van der Waals surface area contributed by atoms with E-state index in [-0.39, 0.29) is 30.1 Å². The number of halogens is 2. The zero-order valence-corrected chi connectivity index (χ0v) is 16.4. The average Bonchev–Trinajstić information content (AvgIpc) is 3.26. The van der Waals surface area contributed by atoms with Crippen molar-refractivity contribution in [3.8, 4) is 0 Å². The van der Waals surface area contributed by atoms with Crippen LogP contribution in [0.4, 0.5) is 8.78 Å². The normalized spacial score (nSPS) is 26.1. The van der Waals surface area contributed by atoms with Gasteiger partial charge in [-0.25, -0.2) is 17.2 Å². The lowest BCUT2D eigenvalue weighted by molar-refractivity contribution is -0.150. The van der Waals surface area contributed by atoms with E-state index in [0.717, 1.165) is 31.8 Å². The van der Waals surface area contributed by atoms with E-state index in [9.17, 15) is 22.0 Å². The molecule has 0 aromatic heterocycles. The summed E-state index contributed by atoms with van der Waals surface area (Å²) in [5.74, 6) is -2.52. The number of piperidine rings is 1. The lowest BCUT2D eigenvalue weighted by Crippen LogP contribution is -2.45. The molecule has 1 unspecified atom stereocenters. The van der Waals surface area contributed by atoms with Gasteiger partial charge in [-0.15, -0.1) is 0 Å². The number of sulfonamides is 1. The molecule has 0 saturated carbocycles. The third-order valence-corrected chi connectivity index (χ3v) is 8.09. The summed E-state index contributed by atoms with van der Waals surface area (Å²) < 4.78 is 58.9. The van der Waals surface area contributed by atoms with Crippen molar-refractivity contribution in [1.82, 2.24) is 9.21 Å². The maximum Gasteiger partial charge on any atom is 0.312 e. The topological polar surface area (TPSA) is 66.9 Å². The van der Waals surface area contributed by atoms with Crippen LogP contribution in [0.1, 0.15) is 32.1 Å². The van der Waals surface area contributed by atoms with E-state index in [1.54, 1.807) is 0 Å². The van der Waals surface area contributed by atoms with Crippen LogP contribution in [0, 0.1) is 17.0 Å². The minimum absolute atomic E-state index is 0.139. The third-order valence-electron chi connectivity index (χ3n) is 6.19. The van der Waals surface area contributed by atoms with E-state index in [4.69, 9.17) is 4.74 Å². The minimum atomic E-state index is -3.93. The van der Waals surface area contributed by atoms with Gasteiger partial charge in [0.2, 0.25) is 10.0 Å². The predicted molar refractivity (Wildman–Crippen MR) is 97.0 cm³/mol. The summed E-state index contributed by atoms with van der Waals surface area (Å²) in [6.45, 7) is 3.12. The summed E-state index contributed by atoms with van der Waals surface area (Å²) in [5, 5.41) is 0. The van der Waals surface area contributed by atoms with Gasteiger partial charge >= 0.3 is 5.97 Å². The van der Waals surface area contributed by atoms with Crippen LogP contribution in [0.3, 0.4) is 0 Å². The molecule has 3 aliphatic rings. The Morgan fingerprint density at radius 1 is 1.07 bits per heavy atom. The average molecular weight is 414 g/mol. The highest BCUT2D eigenvalue weighted by molar-refractivity contribution is 7.89. The molecule has 0 amide bonds. The van der Waals surface area contributed by atoms with Gasteiger partial charge in [-0.1, -0.05) is 0 Å². The van der Waals surface area contributed by atoms with Crippen LogP contribution >= 0.6 is 0 Å². The minimum Gasteiger partial charge on any atom is -0.461 e. The lowest BCUT2D eigenvalue weighted by atomic mass is 9.76. The number of esters is 1. The first kappa shape index (κ1) is 19.7. The van der Waals surface area contributed by atoms with Gasteiger partial charge < -0.3 is 4.74 Å². The van der Waals surface area contributed by atoms with Gasteiger partial charge in [0.15, 0.2) is 11.6 Å². The van der Waals surface area contributed by atoms with E-state index in [2.05, 4.69) is 4.90 Å². The fraction of sp³-hybridized carbons (Fsp3) is 0.632. The van der Waals surface area contributed by atoms with E-state index in [1.165, 1.54) is 17.1 Å². The van der Waals surface area contributed by atoms with Gasteiger partial charge in [-0.05, 0) is 57.0 Å². The monoisotopic (exact) mass is 414 g/mol. The number of rotatable bonds is 4. The van der Waals surface area contributed by atoms with Crippen molar-refractivity contribution in [2.24, 2.45) is 5.41 Å². The molecule has 1 aromatic carbocycles. The van der Waals surface area contributed by atoms with Crippen molar-refractivity contribution in [3.63, 3.8) is 0 Å². The SMILES string of the molecule is O=C1OC(CN2CCCC2)CC12CCN(S(=O)(=O)c1ccc(F)c(F)c1)CC2. The molecule has 9 heteroatoms. The highest BCUT2D eigenvalue weighted by atomic mass is 32.2. The molecule has 28 heavy (non-hydrogen) atoms. The molecular formula is C19H24F2N2O4S. The number of hydrogen-bond acceptors (Lipinski definition) is 5. The fourth-order valence-electron chi connectivity index (χ4n) is 4.54. The molecule has 154 valence electrons. The summed E-state index contributed by atoms with van der Waals surface area (Å²) >= 11 is 0. The molecule has 3 fully saturated rings. The second kappa shape index (κ2) is 7.35. The second-order valence-electron chi connectivity index (χ2n) is 8.00. The van der Waals surface area contributed by atoms with Crippen LogP contribution in [-0.2, 0) is 19.6 Å². The fourth-order valence-corrected chi connectivity index (χ4v) is 6.00. The Bertz CT molecular complexity index is 863. The summed E-state index contributed by atoms with van der Waals surface area (Å²) in [7, 11) is -3.93. The van der Waals surface area contributed by atoms with E-state index >= 15 is 0 Å². The second-order valence-corrected chi connectivity index (χ2v) is 9.94. The van der Waals surface area contributed by atoms with Gasteiger partial charge in [0.25, 0.3) is 0 Å².